The van der Waals surface area contributed by atoms with Crippen molar-refractivity contribution in [2.75, 3.05) is 33.2 Å². The number of amides is 1. The molecule has 8 heteroatoms. The summed E-state index contributed by atoms with van der Waals surface area (Å²) in [5.41, 5.74) is 0.241. The fourth-order valence-corrected chi connectivity index (χ4v) is 2.88. The summed E-state index contributed by atoms with van der Waals surface area (Å²) in [4.78, 5) is 27.0. The zero-order chi connectivity index (χ0) is 19.4. The number of nitriles is 1. The van der Waals surface area contributed by atoms with Crippen LogP contribution in [-0.4, -0.2) is 53.9 Å². The first-order valence-electron chi connectivity index (χ1n) is 8.43. The molecular formula is C19H18N4O4. The van der Waals surface area contributed by atoms with Crippen molar-refractivity contribution in [3.8, 4) is 17.4 Å². The van der Waals surface area contributed by atoms with Gasteiger partial charge in [0.05, 0.1) is 10.5 Å². The molecule has 0 aliphatic carbocycles. The number of nitro benzene ring substituents is 1. The van der Waals surface area contributed by atoms with E-state index in [4.69, 9.17) is 4.42 Å². The van der Waals surface area contributed by atoms with Crippen LogP contribution < -0.4 is 0 Å². The van der Waals surface area contributed by atoms with E-state index in [0.717, 1.165) is 13.1 Å². The molecule has 3 rings (SSSR count). The van der Waals surface area contributed by atoms with Crippen LogP contribution in [0.15, 0.2) is 46.4 Å². The Morgan fingerprint density at radius 3 is 2.59 bits per heavy atom. The topological polar surface area (TPSA) is 104 Å². The van der Waals surface area contributed by atoms with Gasteiger partial charge in [0, 0.05) is 38.3 Å². The minimum atomic E-state index is -0.481. The molecule has 27 heavy (non-hydrogen) atoms. The number of carbonyl (C=O) groups excluding carboxylic acids is 1. The first-order chi connectivity index (χ1) is 13.0. The van der Waals surface area contributed by atoms with Crippen LogP contribution >= 0.6 is 0 Å². The molecule has 0 unspecified atom stereocenters. The number of nitrogens with zero attached hydrogens (tertiary/aromatic N) is 4. The van der Waals surface area contributed by atoms with Crippen LogP contribution in [0, 0.1) is 21.4 Å². The van der Waals surface area contributed by atoms with Gasteiger partial charge in [-0.1, -0.05) is 12.1 Å². The van der Waals surface area contributed by atoms with Gasteiger partial charge in [0.1, 0.15) is 23.2 Å². The van der Waals surface area contributed by atoms with Crippen molar-refractivity contribution in [3.63, 3.8) is 0 Å². The Labute approximate surface area is 156 Å². The van der Waals surface area contributed by atoms with Crippen LogP contribution in [-0.2, 0) is 4.79 Å². The van der Waals surface area contributed by atoms with Crippen LogP contribution in [0.25, 0.3) is 17.4 Å². The van der Waals surface area contributed by atoms with E-state index in [0.29, 0.717) is 30.2 Å². The second kappa shape index (κ2) is 7.85. The predicted octanol–water partition coefficient (Wildman–Crippen LogP) is 2.54. The Kier molecular flexibility index (Phi) is 5.33. The summed E-state index contributed by atoms with van der Waals surface area (Å²) in [6.07, 6.45) is 1.37. The summed E-state index contributed by atoms with van der Waals surface area (Å²) >= 11 is 0. The maximum Gasteiger partial charge on any atom is 0.280 e. The molecule has 0 saturated carbocycles. The first-order valence-corrected chi connectivity index (χ1v) is 8.43. The third-order valence-corrected chi connectivity index (χ3v) is 4.42. The molecule has 1 aliphatic rings. The number of piperazine rings is 1. The van der Waals surface area contributed by atoms with E-state index < -0.39 is 4.92 Å². The van der Waals surface area contributed by atoms with E-state index in [1.54, 1.807) is 35.2 Å². The minimum Gasteiger partial charge on any atom is -0.456 e. The van der Waals surface area contributed by atoms with Crippen molar-refractivity contribution in [2.24, 2.45) is 0 Å². The highest BCUT2D eigenvalue weighted by molar-refractivity contribution is 6.01. The van der Waals surface area contributed by atoms with Gasteiger partial charge >= 0.3 is 0 Å². The van der Waals surface area contributed by atoms with E-state index >= 15 is 0 Å². The van der Waals surface area contributed by atoms with E-state index in [2.05, 4.69) is 4.90 Å². The number of likely N-dealkylation sites (N-methyl/N-ethyl adjacent to an activating group) is 1. The largest absolute Gasteiger partial charge is 0.456 e. The molecule has 0 bridgehead atoms. The number of para-hydroxylation sites is 1. The molecule has 2 heterocycles. The molecule has 1 aromatic carbocycles. The Bertz CT molecular complexity index is 933. The van der Waals surface area contributed by atoms with Crippen molar-refractivity contribution in [1.82, 2.24) is 9.80 Å². The number of carbonyl (C=O) groups is 1. The summed E-state index contributed by atoms with van der Waals surface area (Å²) in [6.45, 7) is 2.64. The van der Waals surface area contributed by atoms with E-state index in [1.165, 1.54) is 12.1 Å². The van der Waals surface area contributed by atoms with Crippen LogP contribution in [0.5, 0.6) is 0 Å². The van der Waals surface area contributed by atoms with Gasteiger partial charge in [0.25, 0.3) is 11.6 Å². The van der Waals surface area contributed by atoms with Gasteiger partial charge in [-0.05, 0) is 25.2 Å². The maximum atomic E-state index is 12.5. The smallest absolute Gasteiger partial charge is 0.280 e. The van der Waals surface area contributed by atoms with Gasteiger partial charge in [-0.3, -0.25) is 14.9 Å². The lowest BCUT2D eigenvalue weighted by atomic mass is 10.1. The van der Waals surface area contributed by atoms with Gasteiger partial charge in [-0.15, -0.1) is 0 Å². The van der Waals surface area contributed by atoms with Crippen molar-refractivity contribution >= 4 is 17.7 Å². The van der Waals surface area contributed by atoms with Gasteiger partial charge in [0.2, 0.25) is 0 Å². The van der Waals surface area contributed by atoms with Crippen LogP contribution in [0.1, 0.15) is 5.76 Å². The molecular weight excluding hydrogens is 348 g/mol. The maximum absolute atomic E-state index is 12.5. The van der Waals surface area contributed by atoms with Gasteiger partial charge < -0.3 is 14.2 Å². The van der Waals surface area contributed by atoms with Crippen LogP contribution in [0.2, 0.25) is 0 Å². The van der Waals surface area contributed by atoms with Gasteiger partial charge in [-0.2, -0.15) is 5.26 Å². The zero-order valence-corrected chi connectivity index (χ0v) is 14.8. The summed E-state index contributed by atoms with van der Waals surface area (Å²) in [5, 5.41) is 20.5. The lowest BCUT2D eigenvalue weighted by Crippen LogP contribution is -2.47. The molecule has 8 nitrogen and oxygen atoms in total. The van der Waals surface area contributed by atoms with Crippen molar-refractivity contribution in [3.05, 3.63) is 57.8 Å². The second-order valence-corrected chi connectivity index (χ2v) is 6.24. The SMILES string of the molecule is CN1CCN(C(=O)C(C#N)=Cc2ccc(-c3ccccc3[N+](=O)[O-])o2)CC1. The molecule has 138 valence electrons. The number of rotatable bonds is 4. The number of furan rings is 1. The van der Waals surface area contributed by atoms with Gasteiger partial charge in [0.15, 0.2) is 0 Å². The number of nitro groups is 1. The Balaban J connectivity index is 1.84. The fraction of sp³-hybridized carbons (Fsp3) is 0.263. The average molecular weight is 366 g/mol. The highest BCUT2D eigenvalue weighted by atomic mass is 16.6. The Morgan fingerprint density at radius 1 is 1.22 bits per heavy atom. The standard InChI is InChI=1S/C19H18N4O4/c1-21-8-10-22(11-9-21)19(24)14(13-20)12-15-6-7-18(27-15)16-4-2-3-5-17(16)23(25)26/h2-7,12H,8-11H2,1H3. The summed E-state index contributed by atoms with van der Waals surface area (Å²) in [7, 11) is 1.98. The third kappa shape index (κ3) is 4.04. The normalized spacial score (nSPS) is 15.4. The van der Waals surface area contributed by atoms with E-state index in [-0.39, 0.29) is 17.2 Å². The van der Waals surface area contributed by atoms with Crippen LogP contribution in [0.4, 0.5) is 5.69 Å². The quantitative estimate of drug-likeness (QED) is 0.356. The summed E-state index contributed by atoms with van der Waals surface area (Å²) in [5.74, 6) is 0.259. The highest BCUT2D eigenvalue weighted by Gasteiger charge is 2.23. The Morgan fingerprint density at radius 2 is 1.93 bits per heavy atom. The van der Waals surface area contributed by atoms with Crippen LogP contribution in [0.3, 0.4) is 0 Å². The molecule has 1 aromatic heterocycles. The second-order valence-electron chi connectivity index (χ2n) is 6.24. The highest BCUT2D eigenvalue weighted by Crippen LogP contribution is 2.31. The number of benzene rings is 1. The molecule has 1 saturated heterocycles. The molecule has 0 atom stereocenters. The lowest BCUT2D eigenvalue weighted by Gasteiger charge is -2.32. The number of hydrogen-bond donors (Lipinski definition) is 0. The van der Waals surface area contributed by atoms with Crippen molar-refractivity contribution in [1.29, 1.82) is 5.26 Å². The monoisotopic (exact) mass is 366 g/mol. The average Bonchev–Trinajstić information content (AvgIpc) is 3.14. The molecule has 1 amide bonds. The summed E-state index contributed by atoms with van der Waals surface area (Å²) in [6, 6.07) is 11.3. The molecule has 1 fully saturated rings. The molecule has 0 N–H and O–H groups in total. The lowest BCUT2D eigenvalue weighted by molar-refractivity contribution is -0.384. The molecule has 2 aromatic rings. The van der Waals surface area contributed by atoms with E-state index in [9.17, 15) is 20.2 Å². The number of hydrogen-bond acceptors (Lipinski definition) is 6. The summed E-state index contributed by atoms with van der Waals surface area (Å²) < 4.78 is 5.64. The Hall–Kier alpha value is -3.44. The fourth-order valence-electron chi connectivity index (χ4n) is 2.88. The zero-order valence-electron chi connectivity index (χ0n) is 14.8. The minimum absolute atomic E-state index is 0.0250. The molecule has 1 aliphatic heterocycles. The first kappa shape index (κ1) is 18.4. The predicted molar refractivity (Wildman–Crippen MR) is 98.5 cm³/mol. The van der Waals surface area contributed by atoms with Crippen molar-refractivity contribution in [2.45, 2.75) is 0 Å². The van der Waals surface area contributed by atoms with E-state index in [1.807, 2.05) is 13.1 Å². The van der Waals surface area contributed by atoms with Crippen molar-refractivity contribution < 1.29 is 14.1 Å². The van der Waals surface area contributed by atoms with Gasteiger partial charge in [-0.25, -0.2) is 0 Å². The molecule has 0 radical (unpaired) electrons. The third-order valence-electron chi connectivity index (χ3n) is 4.42. The molecule has 0 spiro atoms.